The van der Waals surface area contributed by atoms with Gasteiger partial charge in [0, 0.05) is 49.7 Å². The Morgan fingerprint density at radius 1 is 1.03 bits per heavy atom. The van der Waals surface area contributed by atoms with Crippen LogP contribution in [0.25, 0.3) is 16.7 Å². The number of piperazine rings is 1. The third kappa shape index (κ3) is 3.85. The molecule has 32 heavy (non-hydrogen) atoms. The summed E-state index contributed by atoms with van der Waals surface area (Å²) in [7, 11) is 1.80. The van der Waals surface area contributed by atoms with Crippen LogP contribution in [0.1, 0.15) is 17.5 Å². The topological polar surface area (TPSA) is 72.0 Å². The molecule has 0 saturated carbocycles. The van der Waals surface area contributed by atoms with Crippen LogP contribution in [0.3, 0.4) is 0 Å². The lowest BCUT2D eigenvalue weighted by molar-refractivity contribution is -0.294. The standard InChI is InChI=1S/C25H25N3O4/c1-27-14-15-28(17-25(27)31-23(29)9-10-24(30)32-25)13-11-18-7-8-22-20(18)5-2-6-21(22)19-4-3-12-26-16-19/h2-7,9-10,12,16H,8,11,13-15,17H2,1H3. The van der Waals surface area contributed by atoms with E-state index in [1.807, 2.05) is 12.3 Å². The normalized spacial score (nSPS) is 20.5. The first-order valence-corrected chi connectivity index (χ1v) is 10.8. The number of carbonyl (C=O) groups is 2. The predicted octanol–water partition coefficient (Wildman–Crippen LogP) is 2.64. The zero-order valence-electron chi connectivity index (χ0n) is 18.0. The molecule has 0 atom stereocenters. The van der Waals surface area contributed by atoms with E-state index in [0.29, 0.717) is 13.1 Å². The Morgan fingerprint density at radius 3 is 2.56 bits per heavy atom. The molecule has 0 radical (unpaired) electrons. The van der Waals surface area contributed by atoms with Gasteiger partial charge in [0.05, 0.1) is 6.54 Å². The average molecular weight is 431 g/mol. The fourth-order valence-corrected chi connectivity index (χ4v) is 4.65. The van der Waals surface area contributed by atoms with Gasteiger partial charge in [-0.15, -0.1) is 0 Å². The molecule has 1 spiro atoms. The molecule has 1 aromatic heterocycles. The number of aromatic nitrogens is 1. The van der Waals surface area contributed by atoms with Crippen LogP contribution in [0.15, 0.2) is 61.0 Å². The van der Waals surface area contributed by atoms with Gasteiger partial charge in [0.2, 0.25) is 0 Å². The first-order chi connectivity index (χ1) is 15.5. The number of fused-ring (bicyclic) bond motifs is 1. The Labute approximate surface area is 186 Å². The molecule has 1 aromatic carbocycles. The van der Waals surface area contributed by atoms with Crippen molar-refractivity contribution in [2.45, 2.75) is 18.8 Å². The maximum Gasteiger partial charge on any atom is 0.335 e. The van der Waals surface area contributed by atoms with Gasteiger partial charge in [-0.3, -0.25) is 9.88 Å². The predicted molar refractivity (Wildman–Crippen MR) is 119 cm³/mol. The summed E-state index contributed by atoms with van der Waals surface area (Å²) in [5, 5.41) is 0. The first kappa shape index (κ1) is 20.6. The van der Waals surface area contributed by atoms with E-state index >= 15 is 0 Å². The van der Waals surface area contributed by atoms with Crippen molar-refractivity contribution in [1.82, 2.24) is 14.8 Å². The lowest BCUT2D eigenvalue weighted by Crippen LogP contribution is -2.64. The van der Waals surface area contributed by atoms with E-state index in [-0.39, 0.29) is 0 Å². The number of hydrogen-bond acceptors (Lipinski definition) is 7. The SMILES string of the molecule is CN1CCN(CCC2=CCc3c2cccc3-c2cccnc2)CC12OC(=O)C=CC(=O)O2. The maximum absolute atomic E-state index is 12.0. The van der Waals surface area contributed by atoms with Crippen molar-refractivity contribution in [3.63, 3.8) is 0 Å². The second kappa shape index (κ2) is 8.33. The smallest absolute Gasteiger partial charge is 0.335 e. The molecular weight excluding hydrogens is 406 g/mol. The lowest BCUT2D eigenvalue weighted by Gasteiger charge is -2.45. The molecule has 1 aliphatic carbocycles. The average Bonchev–Trinajstić information content (AvgIpc) is 3.16. The molecule has 3 heterocycles. The summed E-state index contributed by atoms with van der Waals surface area (Å²) in [5.74, 6) is -2.52. The number of ether oxygens (including phenoxy) is 2. The fourth-order valence-electron chi connectivity index (χ4n) is 4.65. The highest BCUT2D eigenvalue weighted by Crippen LogP contribution is 2.37. The Morgan fingerprint density at radius 2 is 1.81 bits per heavy atom. The van der Waals surface area contributed by atoms with Crippen molar-refractivity contribution in [3.05, 3.63) is 72.1 Å². The molecule has 1 saturated heterocycles. The van der Waals surface area contributed by atoms with Gasteiger partial charge in [0.15, 0.2) is 0 Å². The van der Waals surface area contributed by atoms with Gasteiger partial charge in [-0.1, -0.05) is 30.3 Å². The van der Waals surface area contributed by atoms with E-state index in [2.05, 4.69) is 40.2 Å². The van der Waals surface area contributed by atoms with Crippen LogP contribution in [-0.2, 0) is 25.5 Å². The highest BCUT2D eigenvalue weighted by molar-refractivity contribution is 5.93. The van der Waals surface area contributed by atoms with Gasteiger partial charge in [-0.25, -0.2) is 14.5 Å². The number of nitrogens with zero attached hydrogens (tertiary/aromatic N) is 3. The van der Waals surface area contributed by atoms with E-state index in [9.17, 15) is 9.59 Å². The summed E-state index contributed by atoms with van der Waals surface area (Å²) in [5.41, 5.74) is 6.29. The zero-order valence-corrected chi connectivity index (χ0v) is 18.0. The van der Waals surface area contributed by atoms with Crippen molar-refractivity contribution in [2.24, 2.45) is 0 Å². The molecular formula is C25H25N3O4. The molecule has 7 heteroatoms. The van der Waals surface area contributed by atoms with Crippen LogP contribution in [0.5, 0.6) is 0 Å². The van der Waals surface area contributed by atoms with Crippen LogP contribution in [0.2, 0.25) is 0 Å². The van der Waals surface area contributed by atoms with Crippen LogP contribution in [0, 0.1) is 0 Å². The molecule has 7 nitrogen and oxygen atoms in total. The van der Waals surface area contributed by atoms with E-state index < -0.39 is 17.8 Å². The summed E-state index contributed by atoms with van der Waals surface area (Å²) in [6, 6.07) is 10.5. The molecule has 0 unspecified atom stereocenters. The Hall–Kier alpha value is -3.29. The molecule has 0 bridgehead atoms. The second-order valence-electron chi connectivity index (χ2n) is 8.34. The fraction of sp³-hybridized carbons (Fsp3) is 0.320. The number of benzene rings is 1. The number of pyridine rings is 1. The number of allylic oxidation sites excluding steroid dienone is 1. The molecule has 5 rings (SSSR count). The van der Waals surface area contributed by atoms with Crippen LogP contribution in [0.4, 0.5) is 0 Å². The molecule has 2 aliphatic heterocycles. The van der Waals surface area contributed by atoms with Crippen molar-refractivity contribution in [1.29, 1.82) is 0 Å². The monoisotopic (exact) mass is 431 g/mol. The van der Waals surface area contributed by atoms with Crippen LogP contribution in [-0.4, -0.2) is 65.9 Å². The van der Waals surface area contributed by atoms with Crippen molar-refractivity contribution in [2.75, 3.05) is 33.2 Å². The minimum absolute atomic E-state index is 0.318. The summed E-state index contributed by atoms with van der Waals surface area (Å²) in [6.45, 7) is 2.52. The number of esters is 2. The van der Waals surface area contributed by atoms with E-state index in [0.717, 1.165) is 43.6 Å². The minimum Gasteiger partial charge on any atom is -0.404 e. The number of hydrogen-bond donors (Lipinski definition) is 0. The highest BCUT2D eigenvalue weighted by atomic mass is 16.8. The lowest BCUT2D eigenvalue weighted by atomic mass is 9.95. The molecule has 0 N–H and O–H groups in total. The summed E-state index contributed by atoms with van der Waals surface area (Å²) in [6.07, 6.45) is 9.99. The molecule has 164 valence electrons. The highest BCUT2D eigenvalue weighted by Gasteiger charge is 2.47. The maximum atomic E-state index is 12.0. The van der Waals surface area contributed by atoms with Gasteiger partial charge in [0.1, 0.15) is 0 Å². The van der Waals surface area contributed by atoms with E-state index in [1.54, 1.807) is 18.1 Å². The Bertz CT molecular complexity index is 1090. The summed E-state index contributed by atoms with van der Waals surface area (Å²) in [4.78, 5) is 32.3. The Kier molecular flexibility index (Phi) is 5.36. The van der Waals surface area contributed by atoms with Crippen molar-refractivity contribution >= 4 is 17.5 Å². The molecule has 2 aromatic rings. The van der Waals surface area contributed by atoms with E-state index in [1.165, 1.54) is 22.3 Å². The number of carbonyl (C=O) groups excluding carboxylic acids is 2. The first-order valence-electron chi connectivity index (χ1n) is 10.8. The van der Waals surface area contributed by atoms with Crippen LogP contribution >= 0.6 is 0 Å². The third-order valence-corrected chi connectivity index (χ3v) is 6.38. The van der Waals surface area contributed by atoms with Gasteiger partial charge in [-0.2, -0.15) is 0 Å². The molecule has 3 aliphatic rings. The van der Waals surface area contributed by atoms with Gasteiger partial charge < -0.3 is 9.47 Å². The van der Waals surface area contributed by atoms with E-state index in [4.69, 9.17) is 9.47 Å². The number of likely N-dealkylation sites (N-methyl/N-ethyl adjacent to an activating group) is 1. The summed E-state index contributed by atoms with van der Waals surface area (Å²) >= 11 is 0. The quantitative estimate of drug-likeness (QED) is 0.689. The third-order valence-electron chi connectivity index (χ3n) is 6.38. The zero-order chi connectivity index (χ0) is 22.1. The summed E-state index contributed by atoms with van der Waals surface area (Å²) < 4.78 is 11.1. The second-order valence-corrected chi connectivity index (χ2v) is 8.34. The van der Waals surface area contributed by atoms with Crippen molar-refractivity contribution in [3.8, 4) is 11.1 Å². The van der Waals surface area contributed by atoms with Gasteiger partial charge in [0.25, 0.3) is 0 Å². The van der Waals surface area contributed by atoms with Gasteiger partial charge in [-0.05, 0) is 48.2 Å². The van der Waals surface area contributed by atoms with Crippen molar-refractivity contribution < 1.29 is 19.1 Å². The Balaban J connectivity index is 1.30. The largest absolute Gasteiger partial charge is 0.404 e. The minimum atomic E-state index is -1.38. The molecule has 1 fully saturated rings. The van der Waals surface area contributed by atoms with Gasteiger partial charge >= 0.3 is 17.8 Å². The van der Waals surface area contributed by atoms with Crippen LogP contribution < -0.4 is 0 Å². The number of rotatable bonds is 4. The molecule has 0 amide bonds.